The van der Waals surface area contributed by atoms with Crippen molar-refractivity contribution < 1.29 is 4.74 Å². The van der Waals surface area contributed by atoms with Crippen LogP contribution in [0.5, 0.6) is 0 Å². The van der Waals surface area contributed by atoms with Gasteiger partial charge in [0.1, 0.15) is 0 Å². The van der Waals surface area contributed by atoms with E-state index in [2.05, 4.69) is 37.9 Å². The molecule has 1 aliphatic rings. The third-order valence-corrected chi connectivity index (χ3v) is 4.35. The molecule has 0 radical (unpaired) electrons. The molecular formula is C14H25N3OS. The predicted molar refractivity (Wildman–Crippen MR) is 81.2 cm³/mol. The Hall–Kier alpha value is -0.650. The van der Waals surface area contributed by atoms with E-state index >= 15 is 0 Å². The minimum atomic E-state index is 0.481. The molecule has 1 aromatic rings. The van der Waals surface area contributed by atoms with Crippen LogP contribution in [0.4, 0.5) is 5.13 Å². The molecule has 1 aliphatic heterocycles. The number of rotatable bonds is 5. The highest BCUT2D eigenvalue weighted by molar-refractivity contribution is 7.15. The van der Waals surface area contributed by atoms with Crippen LogP contribution >= 0.6 is 11.3 Å². The first-order valence-corrected chi connectivity index (χ1v) is 7.95. The predicted octanol–water partition coefficient (Wildman–Crippen LogP) is 2.60. The van der Waals surface area contributed by atoms with Crippen molar-refractivity contribution in [1.29, 1.82) is 0 Å². The van der Waals surface area contributed by atoms with Crippen LogP contribution in [0.25, 0.3) is 0 Å². The number of nitrogens with zero attached hydrogens (tertiary/aromatic N) is 2. The van der Waals surface area contributed by atoms with E-state index < -0.39 is 0 Å². The van der Waals surface area contributed by atoms with Gasteiger partial charge in [-0.3, -0.25) is 0 Å². The highest BCUT2D eigenvalue weighted by Gasteiger charge is 2.19. The maximum Gasteiger partial charge on any atom is 0.185 e. The van der Waals surface area contributed by atoms with Crippen molar-refractivity contribution in [3.05, 3.63) is 10.6 Å². The molecule has 0 aliphatic carbocycles. The first-order valence-electron chi connectivity index (χ1n) is 7.13. The van der Waals surface area contributed by atoms with Crippen LogP contribution in [0, 0.1) is 0 Å². The quantitative estimate of drug-likeness (QED) is 0.901. The summed E-state index contributed by atoms with van der Waals surface area (Å²) in [5.41, 5.74) is 1.25. The van der Waals surface area contributed by atoms with Crippen LogP contribution in [-0.2, 0) is 11.3 Å². The summed E-state index contributed by atoms with van der Waals surface area (Å²) >= 11 is 1.83. The van der Waals surface area contributed by atoms with E-state index in [0.29, 0.717) is 12.0 Å². The monoisotopic (exact) mass is 283 g/mol. The van der Waals surface area contributed by atoms with Crippen molar-refractivity contribution in [3.8, 4) is 0 Å². The van der Waals surface area contributed by atoms with E-state index in [1.165, 1.54) is 10.6 Å². The van der Waals surface area contributed by atoms with Crippen LogP contribution in [0.15, 0.2) is 0 Å². The maximum absolute atomic E-state index is 5.41. The normalized spacial score (nSPS) is 16.6. The van der Waals surface area contributed by atoms with Gasteiger partial charge in [-0.05, 0) is 5.92 Å². The fourth-order valence-electron chi connectivity index (χ4n) is 2.12. The molecule has 0 amide bonds. The van der Waals surface area contributed by atoms with Crippen LogP contribution in [0.1, 0.15) is 44.2 Å². The summed E-state index contributed by atoms with van der Waals surface area (Å²) in [5, 5.41) is 4.66. The number of morpholine rings is 1. The van der Waals surface area contributed by atoms with E-state index in [-0.39, 0.29) is 0 Å². The Kier molecular flexibility index (Phi) is 5.19. The van der Waals surface area contributed by atoms with Gasteiger partial charge < -0.3 is 15.0 Å². The van der Waals surface area contributed by atoms with Gasteiger partial charge in [-0.25, -0.2) is 4.98 Å². The topological polar surface area (TPSA) is 37.4 Å². The first kappa shape index (κ1) is 14.8. The molecular weight excluding hydrogens is 258 g/mol. The van der Waals surface area contributed by atoms with Crippen molar-refractivity contribution >= 4 is 16.5 Å². The summed E-state index contributed by atoms with van der Waals surface area (Å²) in [6.07, 6.45) is 0. The molecule has 5 heteroatoms. The second kappa shape index (κ2) is 6.68. The minimum Gasteiger partial charge on any atom is -0.378 e. The Bertz CT molecular complexity index is 397. The minimum absolute atomic E-state index is 0.481. The average Bonchev–Trinajstić information content (AvgIpc) is 2.81. The molecule has 0 aromatic carbocycles. The third kappa shape index (κ3) is 3.91. The molecule has 1 saturated heterocycles. The second-order valence-corrected chi connectivity index (χ2v) is 6.66. The van der Waals surface area contributed by atoms with Gasteiger partial charge in [0.25, 0.3) is 0 Å². The molecule has 0 bridgehead atoms. The molecule has 2 rings (SSSR count). The number of aromatic nitrogens is 1. The lowest BCUT2D eigenvalue weighted by Crippen LogP contribution is -2.36. The molecule has 0 saturated carbocycles. The first-order chi connectivity index (χ1) is 9.08. The van der Waals surface area contributed by atoms with Crippen LogP contribution < -0.4 is 10.2 Å². The van der Waals surface area contributed by atoms with Crippen molar-refractivity contribution in [2.45, 2.75) is 46.2 Å². The van der Waals surface area contributed by atoms with Crippen molar-refractivity contribution in [3.63, 3.8) is 0 Å². The Morgan fingerprint density at radius 1 is 1.26 bits per heavy atom. The summed E-state index contributed by atoms with van der Waals surface area (Å²) in [7, 11) is 0. The van der Waals surface area contributed by atoms with E-state index in [1.54, 1.807) is 0 Å². The Morgan fingerprint density at radius 3 is 2.53 bits per heavy atom. The summed E-state index contributed by atoms with van der Waals surface area (Å²) < 4.78 is 5.41. The number of thiazole rings is 1. The van der Waals surface area contributed by atoms with Gasteiger partial charge >= 0.3 is 0 Å². The molecule has 1 fully saturated rings. The second-order valence-electron chi connectivity index (χ2n) is 5.59. The van der Waals surface area contributed by atoms with Crippen LogP contribution in [-0.4, -0.2) is 37.3 Å². The number of hydrogen-bond acceptors (Lipinski definition) is 5. The van der Waals surface area contributed by atoms with Gasteiger partial charge in [-0.15, -0.1) is 11.3 Å². The van der Waals surface area contributed by atoms with E-state index in [4.69, 9.17) is 9.72 Å². The van der Waals surface area contributed by atoms with Gasteiger partial charge in [-0.2, -0.15) is 0 Å². The van der Waals surface area contributed by atoms with Crippen LogP contribution in [0.3, 0.4) is 0 Å². The number of anilines is 1. The molecule has 0 spiro atoms. The SMILES string of the molecule is CC(C)NCc1sc(N2CCOCC2)nc1C(C)C. The molecule has 2 heterocycles. The van der Waals surface area contributed by atoms with E-state index in [0.717, 1.165) is 38.0 Å². The smallest absolute Gasteiger partial charge is 0.185 e. The maximum atomic E-state index is 5.41. The lowest BCUT2D eigenvalue weighted by atomic mass is 10.1. The van der Waals surface area contributed by atoms with Gasteiger partial charge in [0.05, 0.1) is 18.9 Å². The van der Waals surface area contributed by atoms with Gasteiger partial charge in [-0.1, -0.05) is 27.7 Å². The zero-order valence-electron chi connectivity index (χ0n) is 12.4. The Morgan fingerprint density at radius 2 is 1.95 bits per heavy atom. The fraction of sp³-hybridized carbons (Fsp3) is 0.786. The zero-order chi connectivity index (χ0) is 13.8. The highest BCUT2D eigenvalue weighted by Crippen LogP contribution is 2.31. The lowest BCUT2D eigenvalue weighted by Gasteiger charge is -2.26. The highest BCUT2D eigenvalue weighted by atomic mass is 32.1. The van der Waals surface area contributed by atoms with Crippen LogP contribution in [0.2, 0.25) is 0 Å². The lowest BCUT2D eigenvalue weighted by molar-refractivity contribution is 0.122. The fourth-order valence-corrected chi connectivity index (χ4v) is 3.33. The molecule has 19 heavy (non-hydrogen) atoms. The van der Waals surface area contributed by atoms with E-state index in [1.807, 2.05) is 11.3 Å². The van der Waals surface area contributed by atoms with Crippen molar-refractivity contribution in [1.82, 2.24) is 10.3 Å². The average molecular weight is 283 g/mol. The van der Waals surface area contributed by atoms with E-state index in [9.17, 15) is 0 Å². The molecule has 0 atom stereocenters. The van der Waals surface area contributed by atoms with Gasteiger partial charge in [0, 0.05) is 30.6 Å². The summed E-state index contributed by atoms with van der Waals surface area (Å²) in [6.45, 7) is 13.3. The molecule has 0 unspecified atom stereocenters. The van der Waals surface area contributed by atoms with Gasteiger partial charge in [0.2, 0.25) is 0 Å². The number of nitrogens with one attached hydrogen (secondary N) is 1. The zero-order valence-corrected chi connectivity index (χ0v) is 13.2. The molecule has 108 valence electrons. The standard InChI is InChI=1S/C14H25N3OS/c1-10(2)13-12(9-15-11(3)4)19-14(16-13)17-5-7-18-8-6-17/h10-11,15H,5-9H2,1-4H3. The number of ether oxygens (including phenoxy) is 1. The Labute approximate surface area is 120 Å². The van der Waals surface area contributed by atoms with Crippen molar-refractivity contribution in [2.24, 2.45) is 0 Å². The molecule has 1 aromatic heterocycles. The number of hydrogen-bond donors (Lipinski definition) is 1. The summed E-state index contributed by atoms with van der Waals surface area (Å²) in [4.78, 5) is 8.59. The van der Waals surface area contributed by atoms with Crippen molar-refractivity contribution in [2.75, 3.05) is 31.2 Å². The summed E-state index contributed by atoms with van der Waals surface area (Å²) in [6, 6.07) is 0.508. The molecule has 4 nitrogen and oxygen atoms in total. The Balaban J connectivity index is 2.13. The molecule has 1 N–H and O–H groups in total. The third-order valence-electron chi connectivity index (χ3n) is 3.22. The van der Waals surface area contributed by atoms with Gasteiger partial charge in [0.15, 0.2) is 5.13 Å². The summed E-state index contributed by atoms with van der Waals surface area (Å²) in [5.74, 6) is 0.481. The largest absolute Gasteiger partial charge is 0.378 e.